The zero-order valence-corrected chi connectivity index (χ0v) is 12.4. The molecule has 1 aliphatic rings. The van der Waals surface area contributed by atoms with Gasteiger partial charge in [-0.25, -0.2) is 4.79 Å². The zero-order chi connectivity index (χ0) is 15.3. The van der Waals surface area contributed by atoms with Gasteiger partial charge in [-0.15, -0.1) is 0 Å². The van der Waals surface area contributed by atoms with Crippen molar-refractivity contribution >= 4 is 12.1 Å². The molecule has 0 fully saturated rings. The Morgan fingerprint density at radius 2 is 2.05 bits per heavy atom. The Kier molecular flexibility index (Phi) is 5.56. The first kappa shape index (κ1) is 16.5. The van der Waals surface area contributed by atoms with Gasteiger partial charge in [-0.05, 0) is 34.1 Å². The topological polar surface area (TPSA) is 84.9 Å². The van der Waals surface area contributed by atoms with Crippen LogP contribution in [0.25, 0.3) is 0 Å². The molecule has 0 saturated carbocycles. The average Bonchev–Trinajstić information content (AvgIpc) is 2.29. The maximum Gasteiger partial charge on any atom is 0.407 e. The van der Waals surface area contributed by atoms with Crippen LogP contribution in [0, 0.1) is 5.92 Å². The molecule has 1 rings (SSSR count). The van der Waals surface area contributed by atoms with Gasteiger partial charge in [0.1, 0.15) is 5.60 Å². The molecule has 0 aliphatic heterocycles. The highest BCUT2D eigenvalue weighted by Gasteiger charge is 2.37. The third-order valence-corrected chi connectivity index (χ3v) is 2.80. The number of carbonyl (C=O) groups is 2. The lowest BCUT2D eigenvalue weighted by molar-refractivity contribution is -0.150. The van der Waals surface area contributed by atoms with Gasteiger partial charge in [0.05, 0.1) is 24.7 Å². The van der Waals surface area contributed by atoms with Crippen molar-refractivity contribution in [2.24, 2.45) is 5.92 Å². The summed E-state index contributed by atoms with van der Waals surface area (Å²) in [4.78, 5) is 23.6. The maximum absolute atomic E-state index is 11.9. The molecule has 0 unspecified atom stereocenters. The summed E-state index contributed by atoms with van der Waals surface area (Å²) in [6.45, 7) is 7.20. The van der Waals surface area contributed by atoms with Gasteiger partial charge >= 0.3 is 12.1 Å². The number of hydrogen-bond acceptors (Lipinski definition) is 5. The quantitative estimate of drug-likeness (QED) is 0.604. The van der Waals surface area contributed by atoms with Crippen molar-refractivity contribution in [2.45, 2.75) is 51.9 Å². The third-order valence-electron chi connectivity index (χ3n) is 2.80. The molecule has 0 spiro atoms. The fraction of sp³-hybridized carbons (Fsp3) is 0.714. The van der Waals surface area contributed by atoms with Gasteiger partial charge in [-0.1, -0.05) is 12.2 Å². The van der Waals surface area contributed by atoms with E-state index in [1.165, 1.54) is 0 Å². The second kappa shape index (κ2) is 6.74. The van der Waals surface area contributed by atoms with Crippen LogP contribution >= 0.6 is 0 Å². The van der Waals surface area contributed by atoms with Crippen molar-refractivity contribution in [3.05, 3.63) is 12.2 Å². The lowest BCUT2D eigenvalue weighted by Gasteiger charge is -2.32. The van der Waals surface area contributed by atoms with Crippen molar-refractivity contribution < 1.29 is 24.2 Å². The van der Waals surface area contributed by atoms with Crippen molar-refractivity contribution in [2.75, 3.05) is 6.61 Å². The molecule has 0 aromatic heterocycles. The normalized spacial score (nSPS) is 25.9. The molecule has 1 amide bonds. The number of nitrogens with one attached hydrogen (secondary N) is 1. The number of rotatable bonds is 3. The number of aliphatic hydroxyl groups is 1. The number of aliphatic hydroxyl groups excluding tert-OH is 1. The molecular formula is C14H23NO5. The standard InChI is InChI=1S/C14H23NO5/c1-5-19-12(17)9-7-6-8-10(16)11(9)15-13(18)20-14(2,3)4/h6,8-11,16H,5,7H2,1-4H3,(H,15,18)/t9-,10+,11-/m1/s1. The maximum atomic E-state index is 11.9. The number of alkyl carbamates (subject to hydrolysis) is 1. The molecule has 0 bridgehead atoms. The molecule has 0 heterocycles. The van der Waals surface area contributed by atoms with Crippen molar-refractivity contribution in [1.29, 1.82) is 0 Å². The first-order valence-corrected chi connectivity index (χ1v) is 6.75. The van der Waals surface area contributed by atoms with Crippen LogP contribution in [-0.2, 0) is 14.3 Å². The molecule has 20 heavy (non-hydrogen) atoms. The largest absolute Gasteiger partial charge is 0.466 e. The van der Waals surface area contributed by atoms with Crippen molar-refractivity contribution in [3.63, 3.8) is 0 Å². The fourth-order valence-corrected chi connectivity index (χ4v) is 1.99. The monoisotopic (exact) mass is 285 g/mol. The lowest BCUT2D eigenvalue weighted by Crippen LogP contribution is -2.52. The third kappa shape index (κ3) is 4.85. The smallest absolute Gasteiger partial charge is 0.407 e. The minimum absolute atomic E-state index is 0.258. The van der Waals surface area contributed by atoms with Crippen LogP contribution < -0.4 is 5.32 Å². The Bertz CT molecular complexity index is 386. The van der Waals surface area contributed by atoms with Crippen LogP contribution in [0.3, 0.4) is 0 Å². The molecule has 6 heteroatoms. The number of amides is 1. The lowest BCUT2D eigenvalue weighted by atomic mass is 9.87. The highest BCUT2D eigenvalue weighted by molar-refractivity contribution is 5.76. The minimum Gasteiger partial charge on any atom is -0.466 e. The van der Waals surface area contributed by atoms with E-state index in [2.05, 4.69) is 5.32 Å². The van der Waals surface area contributed by atoms with E-state index in [-0.39, 0.29) is 6.61 Å². The van der Waals surface area contributed by atoms with Crippen LogP contribution in [0.4, 0.5) is 4.79 Å². The van der Waals surface area contributed by atoms with E-state index >= 15 is 0 Å². The van der Waals surface area contributed by atoms with Gasteiger partial charge < -0.3 is 19.9 Å². The summed E-state index contributed by atoms with van der Waals surface area (Å²) in [6, 6.07) is -0.742. The molecule has 3 atom stereocenters. The Labute approximate surface area is 119 Å². The van der Waals surface area contributed by atoms with E-state index in [4.69, 9.17) is 9.47 Å². The van der Waals surface area contributed by atoms with E-state index in [1.807, 2.05) is 0 Å². The predicted molar refractivity (Wildman–Crippen MR) is 73.0 cm³/mol. The molecule has 0 aromatic rings. The fourth-order valence-electron chi connectivity index (χ4n) is 1.99. The Balaban J connectivity index is 2.74. The summed E-state index contributed by atoms with van der Waals surface area (Å²) in [7, 11) is 0. The van der Waals surface area contributed by atoms with Crippen LogP contribution in [0.2, 0.25) is 0 Å². The minimum atomic E-state index is -0.939. The van der Waals surface area contributed by atoms with Crippen LogP contribution in [0.15, 0.2) is 12.2 Å². The van der Waals surface area contributed by atoms with E-state index in [0.717, 1.165) is 0 Å². The van der Waals surface area contributed by atoms with Crippen LogP contribution in [-0.4, -0.2) is 41.5 Å². The number of allylic oxidation sites excluding steroid dienone is 1. The Morgan fingerprint density at radius 1 is 1.40 bits per heavy atom. The summed E-state index contributed by atoms with van der Waals surface area (Å²) >= 11 is 0. The number of ether oxygens (including phenoxy) is 2. The van der Waals surface area contributed by atoms with E-state index < -0.39 is 35.7 Å². The van der Waals surface area contributed by atoms with Crippen LogP contribution in [0.5, 0.6) is 0 Å². The van der Waals surface area contributed by atoms with Gasteiger partial charge in [0.2, 0.25) is 0 Å². The second-order valence-corrected chi connectivity index (χ2v) is 5.69. The van der Waals surface area contributed by atoms with Gasteiger partial charge in [0.15, 0.2) is 0 Å². The Morgan fingerprint density at radius 3 is 2.60 bits per heavy atom. The first-order chi connectivity index (χ1) is 9.24. The van der Waals surface area contributed by atoms with Crippen molar-refractivity contribution in [3.8, 4) is 0 Å². The number of carbonyl (C=O) groups excluding carboxylic acids is 2. The van der Waals surface area contributed by atoms with Gasteiger partial charge in [0.25, 0.3) is 0 Å². The summed E-state index contributed by atoms with van der Waals surface area (Å²) < 4.78 is 10.1. The molecule has 2 N–H and O–H groups in total. The van der Waals surface area contributed by atoms with E-state index in [9.17, 15) is 14.7 Å². The summed E-state index contributed by atoms with van der Waals surface area (Å²) in [5, 5.41) is 12.5. The number of esters is 1. The summed E-state index contributed by atoms with van der Waals surface area (Å²) in [6.07, 6.45) is 2.07. The molecule has 1 aliphatic carbocycles. The highest BCUT2D eigenvalue weighted by Crippen LogP contribution is 2.22. The molecule has 6 nitrogen and oxygen atoms in total. The van der Waals surface area contributed by atoms with Gasteiger partial charge in [-0.2, -0.15) is 0 Å². The van der Waals surface area contributed by atoms with Gasteiger partial charge in [0, 0.05) is 0 Å². The average molecular weight is 285 g/mol. The highest BCUT2D eigenvalue weighted by atomic mass is 16.6. The van der Waals surface area contributed by atoms with E-state index in [1.54, 1.807) is 39.8 Å². The summed E-state index contributed by atoms with van der Waals surface area (Å²) in [5.41, 5.74) is -0.640. The zero-order valence-electron chi connectivity index (χ0n) is 12.4. The van der Waals surface area contributed by atoms with Crippen molar-refractivity contribution in [1.82, 2.24) is 5.32 Å². The molecular weight excluding hydrogens is 262 g/mol. The van der Waals surface area contributed by atoms with Gasteiger partial charge in [-0.3, -0.25) is 4.79 Å². The Hall–Kier alpha value is -1.56. The first-order valence-electron chi connectivity index (χ1n) is 6.75. The molecule has 114 valence electrons. The SMILES string of the molecule is CCOC(=O)[C@@H]1CC=C[C@H](O)[C@@H]1NC(=O)OC(C)(C)C. The van der Waals surface area contributed by atoms with E-state index in [0.29, 0.717) is 6.42 Å². The molecule has 0 aromatic carbocycles. The van der Waals surface area contributed by atoms with Crippen LogP contribution in [0.1, 0.15) is 34.1 Å². The number of hydrogen-bond donors (Lipinski definition) is 2. The predicted octanol–water partition coefficient (Wildman–Crippen LogP) is 1.38. The summed E-state index contributed by atoms with van der Waals surface area (Å²) in [5.74, 6) is -1.04. The molecule has 0 saturated heterocycles. The second-order valence-electron chi connectivity index (χ2n) is 5.69. The molecule has 0 radical (unpaired) electrons.